The van der Waals surface area contributed by atoms with Crippen molar-refractivity contribution in [2.75, 3.05) is 14.1 Å². The SMILES string of the molecule is [CH-]=[N+](C)C.[Cl][Pt][Cl].c1ccc([PH+](c2ccccc2)c2ccccc2)cc1. The Morgan fingerprint density at radius 3 is 1.04 bits per heavy atom. The van der Waals surface area contributed by atoms with Crippen molar-refractivity contribution in [1.82, 2.24) is 0 Å². The zero-order valence-corrected chi connectivity index (χ0v) is 19.5. The Balaban J connectivity index is 0.000000419. The Hall–Kier alpha value is -0.972. The van der Waals surface area contributed by atoms with Gasteiger partial charge in [0, 0.05) is 0 Å². The van der Waals surface area contributed by atoms with Crippen LogP contribution >= 0.6 is 26.8 Å². The molecule has 140 valence electrons. The summed E-state index contributed by atoms with van der Waals surface area (Å²) in [6.07, 6.45) is 0. The van der Waals surface area contributed by atoms with Crippen LogP contribution in [0.15, 0.2) is 91.0 Å². The quantitative estimate of drug-likeness (QED) is 0.186. The number of hydrogen-bond acceptors (Lipinski definition) is 0. The van der Waals surface area contributed by atoms with Gasteiger partial charge < -0.3 is 4.58 Å². The molecule has 0 aliphatic rings. The van der Waals surface area contributed by atoms with Gasteiger partial charge in [-0.05, 0) is 36.4 Å². The van der Waals surface area contributed by atoms with Crippen LogP contribution in [0.25, 0.3) is 0 Å². The molecule has 0 heterocycles. The summed E-state index contributed by atoms with van der Waals surface area (Å²) in [5.74, 6) is 0. The van der Waals surface area contributed by atoms with Crippen molar-refractivity contribution in [2.45, 2.75) is 0 Å². The van der Waals surface area contributed by atoms with Crippen molar-refractivity contribution in [3.63, 3.8) is 0 Å². The fourth-order valence-corrected chi connectivity index (χ4v) is 4.89. The fourth-order valence-electron chi connectivity index (χ4n) is 2.31. The number of rotatable bonds is 3. The second-order valence-electron chi connectivity index (χ2n) is 5.48. The van der Waals surface area contributed by atoms with Crippen LogP contribution in [0, 0.1) is 0 Å². The molecular weight excluding hydrogens is 563 g/mol. The molecule has 3 aromatic rings. The maximum atomic E-state index is 4.94. The number of hydrogen-bond donors (Lipinski definition) is 0. The predicted molar refractivity (Wildman–Crippen MR) is 116 cm³/mol. The van der Waals surface area contributed by atoms with E-state index >= 15 is 0 Å². The van der Waals surface area contributed by atoms with E-state index in [-0.39, 0.29) is 0 Å². The van der Waals surface area contributed by atoms with Gasteiger partial charge in [-0.3, -0.25) is 0 Å². The minimum absolute atomic E-state index is 0.472. The molecule has 0 aliphatic carbocycles. The molecule has 0 spiro atoms. The van der Waals surface area contributed by atoms with Crippen molar-refractivity contribution in [1.29, 1.82) is 0 Å². The largest absolute Gasteiger partial charge is 0.102 e. The molecule has 26 heavy (non-hydrogen) atoms. The van der Waals surface area contributed by atoms with Crippen LogP contribution in [-0.4, -0.2) is 25.4 Å². The van der Waals surface area contributed by atoms with E-state index in [9.17, 15) is 0 Å². The van der Waals surface area contributed by atoms with E-state index in [1.54, 1.807) is 14.1 Å². The van der Waals surface area contributed by atoms with Crippen LogP contribution in [0.3, 0.4) is 0 Å². The average Bonchev–Trinajstić information content (AvgIpc) is 2.65. The van der Waals surface area contributed by atoms with Crippen LogP contribution in [0.1, 0.15) is 0 Å². The van der Waals surface area contributed by atoms with Crippen LogP contribution in [0.4, 0.5) is 0 Å². The maximum absolute atomic E-state index is 4.94. The summed E-state index contributed by atoms with van der Waals surface area (Å²) >= 11 is -0.472. The summed E-state index contributed by atoms with van der Waals surface area (Å²) in [4.78, 5) is 0. The number of halogens is 2. The van der Waals surface area contributed by atoms with Crippen LogP contribution in [0.5, 0.6) is 0 Å². The second kappa shape index (κ2) is 14.1. The molecule has 1 nitrogen and oxygen atoms in total. The van der Waals surface area contributed by atoms with E-state index in [2.05, 4.69) is 91.0 Å². The Labute approximate surface area is 174 Å². The number of benzene rings is 3. The van der Waals surface area contributed by atoms with Gasteiger partial charge in [-0.25, -0.2) is 6.72 Å². The zero-order valence-electron chi connectivity index (χ0n) is 14.8. The standard InChI is InChI=1S/C18H15P.C3H7N.2ClH.Pt/c1-4-10-16(11-5-1)19(17-12-6-2-7-13-17)18-14-8-3-9-15-18;1-4(2)3;;;/h1-15H;1H,2-3H3;2*1H;/q;;;;+2/p-1. The molecular formula is C21H23Cl2NPPt+. The molecule has 5 heteroatoms. The third kappa shape index (κ3) is 9.11. The van der Waals surface area contributed by atoms with E-state index < -0.39 is 24.4 Å². The summed E-state index contributed by atoms with van der Waals surface area (Å²) in [5, 5.41) is 4.31. The molecule has 0 fully saturated rings. The summed E-state index contributed by atoms with van der Waals surface area (Å²) in [5.41, 5.74) is 0. The smallest absolute Gasteiger partial charge is 0.0620 e. The van der Waals surface area contributed by atoms with Gasteiger partial charge in [0.1, 0.15) is 15.9 Å². The first-order valence-corrected chi connectivity index (χ1v) is 15.0. The molecule has 0 aromatic heterocycles. The van der Waals surface area contributed by atoms with E-state index in [4.69, 9.17) is 25.6 Å². The van der Waals surface area contributed by atoms with Crippen molar-refractivity contribution in [2.24, 2.45) is 0 Å². The van der Waals surface area contributed by atoms with E-state index in [0.29, 0.717) is 0 Å². The number of nitrogens with zero attached hydrogens (tertiary/aromatic N) is 1. The summed E-state index contributed by atoms with van der Waals surface area (Å²) in [6, 6.07) is 32.5. The van der Waals surface area contributed by atoms with Gasteiger partial charge in [-0.2, -0.15) is 0 Å². The Morgan fingerprint density at radius 1 is 0.654 bits per heavy atom. The molecule has 0 aliphatic heterocycles. The van der Waals surface area contributed by atoms with Crippen molar-refractivity contribution >= 4 is 49.4 Å². The molecule has 3 aromatic carbocycles. The normalized spacial score (nSPS) is 9.58. The Kier molecular flexibility index (Phi) is 12.5. The summed E-state index contributed by atoms with van der Waals surface area (Å²) < 4.78 is 1.50. The van der Waals surface area contributed by atoms with Crippen molar-refractivity contribution < 1.29 is 21.1 Å². The molecule has 0 unspecified atom stereocenters. The molecule has 0 bridgehead atoms. The average molecular weight is 586 g/mol. The minimum atomic E-state index is -0.877. The maximum Gasteiger partial charge on any atom is 0.102 e. The van der Waals surface area contributed by atoms with Gasteiger partial charge in [0.25, 0.3) is 0 Å². The molecule has 3 rings (SSSR count). The monoisotopic (exact) mass is 585 g/mol. The van der Waals surface area contributed by atoms with Gasteiger partial charge in [-0.15, -0.1) is 0 Å². The summed E-state index contributed by atoms with van der Waals surface area (Å²) in [6.45, 7) is 4.94. The van der Waals surface area contributed by atoms with Gasteiger partial charge in [0.15, 0.2) is 0 Å². The van der Waals surface area contributed by atoms with Crippen molar-refractivity contribution in [3.8, 4) is 0 Å². The first kappa shape index (κ1) is 23.1. The zero-order chi connectivity index (χ0) is 19.2. The summed E-state index contributed by atoms with van der Waals surface area (Å²) in [7, 11) is 12.4. The Bertz CT molecular complexity index is 642. The van der Waals surface area contributed by atoms with E-state index in [1.165, 1.54) is 20.5 Å². The molecule has 0 N–H and O–H groups in total. The van der Waals surface area contributed by atoms with E-state index in [0.717, 1.165) is 0 Å². The predicted octanol–water partition coefficient (Wildman–Crippen LogP) is 4.39. The molecule has 0 saturated heterocycles. The molecule has 0 atom stereocenters. The van der Waals surface area contributed by atoms with Gasteiger partial charge >= 0.3 is 35.3 Å². The first-order valence-electron chi connectivity index (χ1n) is 7.87. The third-order valence-corrected chi connectivity index (χ3v) is 5.92. The van der Waals surface area contributed by atoms with E-state index in [1.807, 2.05) is 0 Å². The molecule has 0 radical (unpaired) electrons. The van der Waals surface area contributed by atoms with Crippen LogP contribution in [-0.2, 0) is 16.5 Å². The third-order valence-electron chi connectivity index (χ3n) is 3.19. The van der Waals surface area contributed by atoms with Crippen molar-refractivity contribution in [3.05, 3.63) is 91.0 Å². The van der Waals surface area contributed by atoms with Crippen LogP contribution < -0.4 is 15.9 Å². The first-order chi connectivity index (χ1) is 12.6. The van der Waals surface area contributed by atoms with Gasteiger partial charge in [-0.1, -0.05) is 54.6 Å². The minimum Gasteiger partial charge on any atom is -0.0620 e. The fraction of sp³-hybridized carbons (Fsp3) is 0.0952. The van der Waals surface area contributed by atoms with Gasteiger partial charge in [0.2, 0.25) is 0 Å². The molecule has 0 saturated carbocycles. The topological polar surface area (TPSA) is 3.01 Å². The van der Waals surface area contributed by atoms with Gasteiger partial charge in [0.05, 0.1) is 22.0 Å². The second-order valence-corrected chi connectivity index (χ2v) is 11.2. The van der Waals surface area contributed by atoms with Crippen LogP contribution in [0.2, 0.25) is 0 Å². The molecule has 0 amide bonds. The Morgan fingerprint density at radius 2 is 0.846 bits per heavy atom.